The molecule has 1 unspecified atom stereocenters. The lowest BCUT2D eigenvalue weighted by Crippen LogP contribution is -2.46. The molecule has 0 saturated carbocycles. The van der Waals surface area contributed by atoms with Gasteiger partial charge in [-0.15, -0.1) is 11.8 Å². The van der Waals surface area contributed by atoms with Crippen LogP contribution in [-0.4, -0.2) is 35.7 Å². The topological polar surface area (TPSA) is 64.4 Å². The number of carbonyl (C=O) groups is 2. The summed E-state index contributed by atoms with van der Waals surface area (Å²) >= 11 is 1.01. The molecule has 0 N–H and O–H groups in total. The van der Waals surface area contributed by atoms with Gasteiger partial charge in [-0.1, -0.05) is 20.4 Å². The molecule has 0 radical (unpaired) electrons. The van der Waals surface area contributed by atoms with E-state index in [1.54, 1.807) is 13.8 Å². The van der Waals surface area contributed by atoms with Crippen molar-refractivity contribution in [2.24, 2.45) is 5.92 Å². The summed E-state index contributed by atoms with van der Waals surface area (Å²) in [4.78, 5) is 25.1. The van der Waals surface area contributed by atoms with E-state index in [0.717, 1.165) is 24.9 Å². The summed E-state index contributed by atoms with van der Waals surface area (Å²) in [6, 6.07) is 2.71. The van der Waals surface area contributed by atoms with Gasteiger partial charge in [0.15, 0.2) is 0 Å². The van der Waals surface area contributed by atoms with E-state index in [1.165, 1.54) is 6.07 Å². The molecule has 0 aromatic heterocycles. The minimum Gasteiger partial charge on any atom is -0.302 e. The van der Waals surface area contributed by atoms with Gasteiger partial charge in [-0.2, -0.15) is 18.4 Å². The molecule has 154 valence electrons. The lowest BCUT2D eigenvalue weighted by molar-refractivity contribution is -0.108. The number of carbonyl (C=O) groups excluding carboxylic acids is 2. The van der Waals surface area contributed by atoms with Gasteiger partial charge in [-0.05, 0) is 24.1 Å². The number of amides is 2. The first-order valence-corrected chi connectivity index (χ1v) is 9.21. The summed E-state index contributed by atoms with van der Waals surface area (Å²) in [5, 5.41) is 8.74. The predicted molar refractivity (Wildman–Crippen MR) is 101 cm³/mol. The fourth-order valence-corrected chi connectivity index (χ4v) is 3.62. The van der Waals surface area contributed by atoms with E-state index in [0.29, 0.717) is 22.2 Å². The van der Waals surface area contributed by atoms with Crippen molar-refractivity contribution in [2.75, 3.05) is 11.9 Å². The third kappa shape index (κ3) is 4.45. The van der Waals surface area contributed by atoms with Crippen LogP contribution in [0.1, 0.15) is 19.4 Å². The van der Waals surface area contributed by atoms with Gasteiger partial charge in [0.25, 0.3) is 0 Å². The Bertz CT molecular complexity index is 935. The van der Waals surface area contributed by atoms with Crippen LogP contribution in [-0.2, 0) is 4.79 Å². The molecule has 29 heavy (non-hydrogen) atoms. The second-order valence-electron chi connectivity index (χ2n) is 6.57. The van der Waals surface area contributed by atoms with Crippen LogP contribution in [0.4, 0.5) is 28.0 Å². The van der Waals surface area contributed by atoms with Crippen molar-refractivity contribution in [3.63, 3.8) is 0 Å². The lowest BCUT2D eigenvalue weighted by Gasteiger charge is -2.35. The maximum atomic E-state index is 14.7. The third-order valence-electron chi connectivity index (χ3n) is 4.19. The van der Waals surface area contributed by atoms with Crippen LogP contribution in [0.3, 0.4) is 0 Å². The van der Waals surface area contributed by atoms with Gasteiger partial charge in [0, 0.05) is 17.6 Å². The first kappa shape index (κ1) is 22.5. The zero-order valence-corrected chi connectivity index (χ0v) is 16.6. The van der Waals surface area contributed by atoms with Crippen LogP contribution >= 0.6 is 11.8 Å². The van der Waals surface area contributed by atoms with Gasteiger partial charge >= 0.3 is 12.2 Å². The number of allylic oxidation sites excluding steroid dienone is 2. The number of nitrogens with zero attached hydrogens (tertiary/aromatic N) is 3. The maximum absolute atomic E-state index is 14.7. The second kappa shape index (κ2) is 8.29. The van der Waals surface area contributed by atoms with E-state index >= 15 is 0 Å². The fourth-order valence-electron chi connectivity index (χ4n) is 2.59. The highest BCUT2D eigenvalue weighted by molar-refractivity contribution is 8.00. The first-order valence-electron chi connectivity index (χ1n) is 8.33. The minimum atomic E-state index is -4.79. The fraction of sp³-hybridized carbons (Fsp3) is 0.316. The molecule has 0 spiro atoms. The Morgan fingerprint density at radius 2 is 1.93 bits per heavy atom. The second-order valence-corrected chi connectivity index (χ2v) is 7.79. The molecule has 1 aromatic carbocycles. The highest BCUT2D eigenvalue weighted by atomic mass is 32.2. The van der Waals surface area contributed by atoms with E-state index in [1.807, 2.05) is 6.07 Å². The number of hydrogen-bond acceptors (Lipinski definition) is 4. The van der Waals surface area contributed by atoms with Crippen molar-refractivity contribution >= 4 is 29.8 Å². The molecular formula is C19H17F4N3O2S. The van der Waals surface area contributed by atoms with Crippen molar-refractivity contribution in [1.82, 2.24) is 4.90 Å². The molecule has 2 rings (SSSR count). The number of thioether (sulfide) groups is 1. The zero-order chi connectivity index (χ0) is 22.1. The van der Waals surface area contributed by atoms with Crippen LogP contribution in [0.2, 0.25) is 0 Å². The zero-order valence-electron chi connectivity index (χ0n) is 15.7. The molecule has 0 aliphatic carbocycles. The average Bonchev–Trinajstić information content (AvgIpc) is 2.63. The van der Waals surface area contributed by atoms with Gasteiger partial charge in [-0.25, -0.2) is 9.18 Å². The molecular weight excluding hydrogens is 410 g/mol. The summed E-state index contributed by atoms with van der Waals surface area (Å²) in [6.07, 6.45) is -3.47. The van der Waals surface area contributed by atoms with Crippen LogP contribution in [0, 0.1) is 23.1 Å². The van der Waals surface area contributed by atoms with Crippen molar-refractivity contribution in [2.45, 2.75) is 30.2 Å². The Morgan fingerprint density at radius 1 is 1.31 bits per heavy atom. The average molecular weight is 427 g/mol. The van der Waals surface area contributed by atoms with Crippen LogP contribution in [0.25, 0.3) is 0 Å². The SMILES string of the molecule is C=C1C=C(C(F)(F)F)N(C)C(=O)N1c1cc(SC(C=O)C(C)C)c(C#N)cc1F. The van der Waals surface area contributed by atoms with E-state index in [9.17, 15) is 32.4 Å². The Morgan fingerprint density at radius 3 is 2.41 bits per heavy atom. The van der Waals surface area contributed by atoms with E-state index < -0.39 is 29.0 Å². The number of nitriles is 1. The molecule has 0 saturated heterocycles. The van der Waals surface area contributed by atoms with Gasteiger partial charge in [-0.3, -0.25) is 9.80 Å². The molecule has 5 nitrogen and oxygen atoms in total. The van der Waals surface area contributed by atoms with E-state index in [4.69, 9.17) is 0 Å². The molecule has 1 atom stereocenters. The summed E-state index contributed by atoms with van der Waals surface area (Å²) in [5.74, 6) is -1.07. The summed E-state index contributed by atoms with van der Waals surface area (Å²) < 4.78 is 54.0. The normalized spacial score (nSPS) is 16.0. The molecule has 1 heterocycles. The van der Waals surface area contributed by atoms with E-state index in [-0.39, 0.29) is 27.8 Å². The van der Waals surface area contributed by atoms with Crippen LogP contribution in [0.5, 0.6) is 0 Å². The van der Waals surface area contributed by atoms with Crippen LogP contribution < -0.4 is 4.90 Å². The highest BCUT2D eigenvalue weighted by Crippen LogP contribution is 2.39. The molecule has 0 fully saturated rings. The number of urea groups is 1. The summed E-state index contributed by atoms with van der Waals surface area (Å²) in [6.45, 7) is 7.02. The van der Waals surface area contributed by atoms with Gasteiger partial charge in [0.1, 0.15) is 23.9 Å². The molecule has 2 amide bonds. The Labute approximate surface area is 169 Å². The molecule has 1 aliphatic rings. The number of alkyl halides is 3. The van der Waals surface area contributed by atoms with Crippen molar-refractivity contribution in [1.29, 1.82) is 5.26 Å². The van der Waals surface area contributed by atoms with Crippen LogP contribution in [0.15, 0.2) is 41.1 Å². The number of halogens is 4. The number of benzene rings is 1. The van der Waals surface area contributed by atoms with E-state index in [2.05, 4.69) is 6.58 Å². The van der Waals surface area contributed by atoms with Gasteiger partial charge < -0.3 is 4.79 Å². The molecule has 0 bridgehead atoms. The van der Waals surface area contributed by atoms with Crippen molar-refractivity contribution in [3.8, 4) is 6.07 Å². The van der Waals surface area contributed by atoms with Gasteiger partial charge in [0.05, 0.1) is 16.5 Å². The highest BCUT2D eigenvalue weighted by Gasteiger charge is 2.43. The smallest absolute Gasteiger partial charge is 0.302 e. The number of rotatable bonds is 5. The number of aldehydes is 1. The molecule has 10 heteroatoms. The Balaban J connectivity index is 2.58. The standard InChI is InChI=1S/C19H17F4N3O2S/c1-10(2)16(9-27)29-15-7-14(13(20)6-12(15)8-24)26-11(3)5-17(19(21,22)23)25(4)18(26)28/h5-7,9-10,16H,3H2,1-2,4H3. The molecule has 1 aliphatic heterocycles. The third-order valence-corrected chi connectivity index (χ3v) is 5.70. The van der Waals surface area contributed by atoms with Crippen molar-refractivity contribution in [3.05, 3.63) is 47.6 Å². The maximum Gasteiger partial charge on any atom is 0.431 e. The quantitative estimate of drug-likeness (QED) is 0.383. The monoisotopic (exact) mass is 427 g/mol. The summed E-state index contributed by atoms with van der Waals surface area (Å²) in [5.41, 5.74) is -2.03. The first-order chi connectivity index (χ1) is 13.4. The predicted octanol–water partition coefficient (Wildman–Crippen LogP) is 4.84. The summed E-state index contributed by atoms with van der Waals surface area (Å²) in [7, 11) is 0.916. The largest absolute Gasteiger partial charge is 0.431 e. The van der Waals surface area contributed by atoms with Crippen molar-refractivity contribution < 1.29 is 27.2 Å². The Hall–Kier alpha value is -2.80. The van der Waals surface area contributed by atoms with Gasteiger partial charge in [0.2, 0.25) is 0 Å². The minimum absolute atomic E-state index is 0.0568. The lowest BCUT2D eigenvalue weighted by atomic mass is 10.1. The number of hydrogen-bond donors (Lipinski definition) is 0. The Kier molecular flexibility index (Phi) is 6.43. The molecule has 1 aromatic rings. The number of anilines is 1.